The summed E-state index contributed by atoms with van der Waals surface area (Å²) in [6.07, 6.45) is 0. The lowest BCUT2D eigenvalue weighted by molar-refractivity contribution is 0.350. The van der Waals surface area contributed by atoms with Gasteiger partial charge in [-0.3, -0.25) is 0 Å². The van der Waals surface area contributed by atoms with Gasteiger partial charge in [0, 0.05) is 6.04 Å². The lowest BCUT2D eigenvalue weighted by Crippen LogP contribution is -2.26. The molecule has 0 aromatic rings. The summed E-state index contributed by atoms with van der Waals surface area (Å²) in [5.41, 5.74) is 0. The van der Waals surface area contributed by atoms with Gasteiger partial charge in [0.25, 0.3) is 0 Å². The van der Waals surface area contributed by atoms with E-state index in [1.165, 1.54) is 13.1 Å². The van der Waals surface area contributed by atoms with Crippen molar-refractivity contribution in [2.75, 3.05) is 27.2 Å². The van der Waals surface area contributed by atoms with Gasteiger partial charge in [0.05, 0.1) is 0 Å². The highest BCUT2D eigenvalue weighted by atomic mass is 35.5. The maximum Gasteiger partial charge on any atom is 0.0177 e. The number of hydrogen-bond acceptors (Lipinski definition) is 2. The Balaban J connectivity index is 0.000000500. The second kappa shape index (κ2) is 3.94. The van der Waals surface area contributed by atoms with Gasteiger partial charge in [0.1, 0.15) is 0 Å². The molecule has 2 unspecified atom stereocenters. The molecule has 0 bridgehead atoms. The Kier molecular flexibility index (Phi) is 4.12. The van der Waals surface area contributed by atoms with Crippen LogP contribution < -0.4 is 5.32 Å². The molecule has 2 nitrogen and oxygen atoms in total. The number of piperidine rings is 1. The smallest absolute Gasteiger partial charge is 0.0177 e. The van der Waals surface area contributed by atoms with Crippen molar-refractivity contribution in [3.8, 4) is 0 Å². The molecule has 1 saturated carbocycles. The Morgan fingerprint density at radius 3 is 1.82 bits per heavy atom. The first-order valence-corrected chi connectivity index (χ1v) is 3.68. The predicted molar refractivity (Wildman–Crippen MR) is 51.8 cm³/mol. The average Bonchev–Trinajstić information content (AvgIpc) is 2.30. The minimum absolute atomic E-state index is 0. The summed E-state index contributed by atoms with van der Waals surface area (Å²) >= 11 is 0. The second-order valence-corrected chi connectivity index (χ2v) is 3.44. The van der Waals surface area contributed by atoms with Gasteiger partial charge in [-0.25, -0.2) is 0 Å². The molecule has 2 aliphatic rings. The molecule has 1 heterocycles. The molecule has 1 saturated heterocycles. The highest BCUT2D eigenvalue weighted by Gasteiger charge is 2.53. The van der Waals surface area contributed by atoms with Gasteiger partial charge in [0.15, 0.2) is 0 Å². The third-order valence-electron chi connectivity index (χ3n) is 2.64. The first kappa shape index (κ1) is 11.5. The lowest BCUT2D eigenvalue weighted by atomic mass is 10.4. The second-order valence-electron chi connectivity index (χ2n) is 3.44. The van der Waals surface area contributed by atoms with Crippen LogP contribution in [0.2, 0.25) is 0 Å². The fraction of sp³-hybridized carbons (Fsp3) is 1.00. The van der Waals surface area contributed by atoms with Crippen LogP contribution in [0.1, 0.15) is 0 Å². The standard InChI is InChI=1S/C7H14N2.2ClH/c1-9(2)7-5-3-8-4-6(5)7;;/h5-8H,3-4H2,1-2H3;2*1H. The van der Waals surface area contributed by atoms with Gasteiger partial charge in [0.2, 0.25) is 0 Å². The normalized spacial score (nSPS) is 39.0. The Morgan fingerprint density at radius 1 is 1.09 bits per heavy atom. The molecule has 1 aliphatic carbocycles. The Labute approximate surface area is 80.5 Å². The third-order valence-corrected chi connectivity index (χ3v) is 2.64. The number of hydrogen-bond donors (Lipinski definition) is 1. The quantitative estimate of drug-likeness (QED) is 0.665. The van der Waals surface area contributed by atoms with E-state index >= 15 is 0 Å². The molecule has 0 aromatic heterocycles. The first-order chi connectivity index (χ1) is 4.30. The molecule has 4 heteroatoms. The molecule has 68 valence electrons. The van der Waals surface area contributed by atoms with Crippen molar-refractivity contribution in [1.82, 2.24) is 10.2 Å². The zero-order valence-electron chi connectivity index (χ0n) is 6.91. The van der Waals surface area contributed by atoms with Gasteiger partial charge < -0.3 is 10.2 Å². The molecular formula is C7H16Cl2N2. The van der Waals surface area contributed by atoms with Crippen LogP contribution in [0.25, 0.3) is 0 Å². The van der Waals surface area contributed by atoms with Crippen LogP contribution in [0.4, 0.5) is 0 Å². The predicted octanol–water partition coefficient (Wildman–Crippen LogP) is 0.609. The van der Waals surface area contributed by atoms with Gasteiger partial charge in [-0.15, -0.1) is 24.8 Å². The van der Waals surface area contributed by atoms with Crippen molar-refractivity contribution < 1.29 is 0 Å². The van der Waals surface area contributed by atoms with E-state index in [-0.39, 0.29) is 24.8 Å². The molecule has 0 radical (unpaired) electrons. The van der Waals surface area contributed by atoms with Crippen LogP contribution in [0.15, 0.2) is 0 Å². The molecule has 11 heavy (non-hydrogen) atoms. The van der Waals surface area contributed by atoms with Crippen molar-refractivity contribution in [3.05, 3.63) is 0 Å². The molecule has 0 spiro atoms. The topological polar surface area (TPSA) is 15.3 Å². The van der Waals surface area contributed by atoms with Crippen LogP contribution in [0.3, 0.4) is 0 Å². The van der Waals surface area contributed by atoms with E-state index in [0.29, 0.717) is 0 Å². The fourth-order valence-electron chi connectivity index (χ4n) is 2.15. The molecule has 2 rings (SSSR count). The van der Waals surface area contributed by atoms with Crippen molar-refractivity contribution >= 4 is 24.8 Å². The van der Waals surface area contributed by atoms with Gasteiger partial charge in [-0.05, 0) is 39.0 Å². The molecule has 0 aromatic carbocycles. The van der Waals surface area contributed by atoms with Gasteiger partial charge >= 0.3 is 0 Å². The number of nitrogens with zero attached hydrogens (tertiary/aromatic N) is 1. The molecule has 0 amide bonds. The van der Waals surface area contributed by atoms with Gasteiger partial charge in [-0.2, -0.15) is 0 Å². The highest BCUT2D eigenvalue weighted by molar-refractivity contribution is 5.85. The monoisotopic (exact) mass is 198 g/mol. The fourth-order valence-corrected chi connectivity index (χ4v) is 2.15. The largest absolute Gasteiger partial charge is 0.316 e. The summed E-state index contributed by atoms with van der Waals surface area (Å²) in [6.45, 7) is 2.51. The minimum atomic E-state index is 0. The molecule has 1 aliphatic heterocycles. The van der Waals surface area contributed by atoms with Crippen LogP contribution >= 0.6 is 24.8 Å². The summed E-state index contributed by atoms with van der Waals surface area (Å²) in [6, 6.07) is 0.909. The highest BCUT2D eigenvalue weighted by Crippen LogP contribution is 2.44. The van der Waals surface area contributed by atoms with Crippen LogP contribution in [0.5, 0.6) is 0 Å². The van der Waals surface area contributed by atoms with Crippen LogP contribution in [0, 0.1) is 11.8 Å². The Bertz CT molecular complexity index is 120. The van der Waals surface area contributed by atoms with Crippen LogP contribution in [-0.4, -0.2) is 38.1 Å². The van der Waals surface area contributed by atoms with E-state index in [1.54, 1.807) is 0 Å². The van der Waals surface area contributed by atoms with E-state index in [4.69, 9.17) is 0 Å². The summed E-state index contributed by atoms with van der Waals surface area (Å²) in [7, 11) is 4.37. The summed E-state index contributed by atoms with van der Waals surface area (Å²) in [4.78, 5) is 2.36. The van der Waals surface area contributed by atoms with Crippen molar-refractivity contribution in [3.63, 3.8) is 0 Å². The number of fused-ring (bicyclic) bond motifs is 1. The summed E-state index contributed by atoms with van der Waals surface area (Å²) in [5, 5.41) is 3.38. The first-order valence-electron chi connectivity index (χ1n) is 3.68. The van der Waals surface area contributed by atoms with E-state index in [9.17, 15) is 0 Å². The van der Waals surface area contributed by atoms with Crippen molar-refractivity contribution in [2.24, 2.45) is 11.8 Å². The van der Waals surface area contributed by atoms with E-state index in [2.05, 4.69) is 24.3 Å². The third kappa shape index (κ3) is 1.81. The van der Waals surface area contributed by atoms with E-state index in [0.717, 1.165) is 17.9 Å². The van der Waals surface area contributed by atoms with Crippen LogP contribution in [-0.2, 0) is 0 Å². The summed E-state index contributed by atoms with van der Waals surface area (Å²) < 4.78 is 0. The zero-order valence-corrected chi connectivity index (χ0v) is 8.54. The maximum atomic E-state index is 3.38. The van der Waals surface area contributed by atoms with Crippen molar-refractivity contribution in [1.29, 1.82) is 0 Å². The number of halogens is 2. The van der Waals surface area contributed by atoms with E-state index < -0.39 is 0 Å². The Morgan fingerprint density at radius 2 is 1.55 bits per heavy atom. The molecule has 2 atom stereocenters. The number of nitrogens with one attached hydrogen (secondary N) is 1. The molecule has 1 N–H and O–H groups in total. The molecule has 2 fully saturated rings. The van der Waals surface area contributed by atoms with Crippen molar-refractivity contribution in [2.45, 2.75) is 6.04 Å². The lowest BCUT2D eigenvalue weighted by Gasteiger charge is -2.11. The molecular weight excluding hydrogens is 183 g/mol. The zero-order chi connectivity index (χ0) is 6.43. The number of rotatable bonds is 1. The SMILES string of the molecule is CN(C)C1C2CNCC21.Cl.Cl. The van der Waals surface area contributed by atoms with E-state index in [1.807, 2.05) is 0 Å². The average molecular weight is 199 g/mol. The summed E-state index contributed by atoms with van der Waals surface area (Å²) in [5.74, 6) is 1.97. The Hall–Kier alpha value is 0.500. The van der Waals surface area contributed by atoms with Gasteiger partial charge in [-0.1, -0.05) is 0 Å². The minimum Gasteiger partial charge on any atom is -0.316 e. The maximum absolute atomic E-state index is 3.38.